The molecule has 4 nitrogen and oxygen atoms in total. The molecule has 0 aliphatic heterocycles. The quantitative estimate of drug-likeness (QED) is 0.808. The summed E-state index contributed by atoms with van der Waals surface area (Å²) in [6, 6.07) is 13.7. The number of amides is 1. The van der Waals surface area contributed by atoms with Crippen LogP contribution in [0.15, 0.2) is 42.5 Å². The lowest BCUT2D eigenvalue weighted by Gasteiger charge is -2.09. The van der Waals surface area contributed by atoms with Gasteiger partial charge in [0, 0.05) is 12.1 Å². The van der Waals surface area contributed by atoms with E-state index in [0.29, 0.717) is 28.5 Å². The average molecular weight is 300 g/mol. The Labute approximate surface area is 127 Å². The van der Waals surface area contributed by atoms with Gasteiger partial charge in [0.15, 0.2) is 5.65 Å². The number of imidazole rings is 1. The summed E-state index contributed by atoms with van der Waals surface area (Å²) in [6.45, 7) is 1.76. The van der Waals surface area contributed by atoms with Crippen molar-refractivity contribution in [2.45, 2.75) is 13.3 Å². The van der Waals surface area contributed by atoms with Gasteiger partial charge in [-0.2, -0.15) is 0 Å². The molecule has 5 heteroatoms. The van der Waals surface area contributed by atoms with Gasteiger partial charge in [-0.25, -0.2) is 4.98 Å². The van der Waals surface area contributed by atoms with Crippen LogP contribution in [0.2, 0.25) is 5.02 Å². The van der Waals surface area contributed by atoms with E-state index < -0.39 is 5.91 Å². The number of rotatable bonds is 3. The Morgan fingerprint density at radius 3 is 2.62 bits per heavy atom. The van der Waals surface area contributed by atoms with Crippen LogP contribution in [-0.4, -0.2) is 15.3 Å². The minimum atomic E-state index is -0.503. The third-order valence-electron chi connectivity index (χ3n) is 3.44. The lowest BCUT2D eigenvalue weighted by molar-refractivity contribution is 0.0994. The maximum Gasteiger partial charge on any atom is 0.267 e. The van der Waals surface area contributed by atoms with Crippen LogP contribution < -0.4 is 5.73 Å². The van der Waals surface area contributed by atoms with Crippen molar-refractivity contribution in [2.24, 2.45) is 5.73 Å². The van der Waals surface area contributed by atoms with Gasteiger partial charge in [-0.1, -0.05) is 41.9 Å². The summed E-state index contributed by atoms with van der Waals surface area (Å²) in [5, 5.41) is 0.502. The molecule has 0 radical (unpaired) electrons. The van der Waals surface area contributed by atoms with Gasteiger partial charge in [-0.15, -0.1) is 0 Å². The highest BCUT2D eigenvalue weighted by Gasteiger charge is 2.18. The molecule has 0 unspecified atom stereocenters. The molecular formula is C16H14ClN3O. The fourth-order valence-electron chi connectivity index (χ4n) is 2.52. The van der Waals surface area contributed by atoms with Crippen molar-refractivity contribution in [3.63, 3.8) is 0 Å². The van der Waals surface area contributed by atoms with E-state index in [1.54, 1.807) is 17.4 Å². The van der Waals surface area contributed by atoms with E-state index in [1.807, 2.05) is 36.4 Å². The van der Waals surface area contributed by atoms with E-state index in [1.165, 1.54) is 0 Å². The number of benzene rings is 1. The van der Waals surface area contributed by atoms with E-state index in [9.17, 15) is 4.79 Å². The highest BCUT2D eigenvalue weighted by atomic mass is 35.5. The number of nitrogens with two attached hydrogens (primary N) is 1. The smallest absolute Gasteiger partial charge is 0.267 e. The molecule has 1 aromatic carbocycles. The number of carbonyl (C=O) groups is 1. The molecule has 2 heterocycles. The van der Waals surface area contributed by atoms with Gasteiger partial charge < -0.3 is 5.73 Å². The Morgan fingerprint density at radius 1 is 1.24 bits per heavy atom. The third kappa shape index (κ3) is 2.38. The molecule has 0 saturated heterocycles. The highest BCUT2D eigenvalue weighted by molar-refractivity contribution is 6.33. The second-order valence-electron chi connectivity index (χ2n) is 4.90. The topological polar surface area (TPSA) is 60.4 Å². The first-order valence-electron chi connectivity index (χ1n) is 6.58. The normalized spacial score (nSPS) is 11.0. The Bertz CT molecular complexity index is 824. The van der Waals surface area contributed by atoms with Gasteiger partial charge in [0.25, 0.3) is 5.91 Å². The number of halogens is 1. The Hall–Kier alpha value is -2.33. The number of aromatic nitrogens is 2. The molecule has 2 N–H and O–H groups in total. The van der Waals surface area contributed by atoms with Crippen LogP contribution in [0.1, 0.15) is 27.4 Å². The second kappa shape index (κ2) is 5.22. The SMILES string of the molecule is Cc1nc2c(Cl)ccc(Cc3ccccc3)n2c1C(N)=O. The van der Waals surface area contributed by atoms with Gasteiger partial charge in [0.1, 0.15) is 5.69 Å². The molecule has 3 rings (SSSR count). The molecule has 21 heavy (non-hydrogen) atoms. The predicted molar refractivity (Wildman–Crippen MR) is 82.7 cm³/mol. The van der Waals surface area contributed by atoms with E-state index >= 15 is 0 Å². The van der Waals surface area contributed by atoms with Crippen molar-refractivity contribution in [3.8, 4) is 0 Å². The van der Waals surface area contributed by atoms with Crippen molar-refractivity contribution < 1.29 is 4.79 Å². The Kier molecular flexibility index (Phi) is 3.39. The molecule has 0 bridgehead atoms. The zero-order valence-corrected chi connectivity index (χ0v) is 12.3. The standard InChI is InChI=1S/C16H14ClN3O/c1-10-14(15(18)21)20-12(7-8-13(17)16(20)19-10)9-11-5-3-2-4-6-11/h2-8H,9H2,1H3,(H2,18,21). The highest BCUT2D eigenvalue weighted by Crippen LogP contribution is 2.23. The van der Waals surface area contributed by atoms with Crippen molar-refractivity contribution >= 4 is 23.2 Å². The zero-order chi connectivity index (χ0) is 15.0. The summed E-state index contributed by atoms with van der Waals surface area (Å²) in [6.07, 6.45) is 0.671. The summed E-state index contributed by atoms with van der Waals surface area (Å²) in [7, 11) is 0. The van der Waals surface area contributed by atoms with E-state index in [0.717, 1.165) is 11.3 Å². The molecule has 0 saturated carbocycles. The van der Waals surface area contributed by atoms with E-state index in [4.69, 9.17) is 17.3 Å². The lowest BCUT2D eigenvalue weighted by Crippen LogP contribution is -2.16. The molecule has 0 atom stereocenters. The molecule has 0 aliphatic carbocycles. The molecular weight excluding hydrogens is 286 g/mol. The lowest BCUT2D eigenvalue weighted by atomic mass is 10.1. The predicted octanol–water partition coefficient (Wildman–Crippen LogP) is 2.99. The first-order chi connectivity index (χ1) is 10.1. The van der Waals surface area contributed by atoms with Crippen molar-refractivity contribution in [2.75, 3.05) is 0 Å². The van der Waals surface area contributed by atoms with Crippen LogP contribution in [-0.2, 0) is 6.42 Å². The van der Waals surface area contributed by atoms with Crippen molar-refractivity contribution in [1.29, 1.82) is 0 Å². The van der Waals surface area contributed by atoms with Crippen LogP contribution in [0.4, 0.5) is 0 Å². The third-order valence-corrected chi connectivity index (χ3v) is 3.73. The van der Waals surface area contributed by atoms with Crippen LogP contribution in [0, 0.1) is 6.92 Å². The van der Waals surface area contributed by atoms with Gasteiger partial charge in [-0.3, -0.25) is 9.20 Å². The van der Waals surface area contributed by atoms with Crippen LogP contribution in [0.5, 0.6) is 0 Å². The molecule has 1 amide bonds. The minimum Gasteiger partial charge on any atom is -0.364 e. The summed E-state index contributed by atoms with van der Waals surface area (Å²) in [5.74, 6) is -0.503. The van der Waals surface area contributed by atoms with Gasteiger partial charge >= 0.3 is 0 Å². The number of fused-ring (bicyclic) bond motifs is 1. The van der Waals surface area contributed by atoms with Gasteiger partial charge in [-0.05, 0) is 24.6 Å². The first kappa shape index (κ1) is 13.6. The van der Waals surface area contributed by atoms with Crippen molar-refractivity contribution in [1.82, 2.24) is 9.38 Å². The fraction of sp³-hybridized carbons (Fsp3) is 0.125. The zero-order valence-electron chi connectivity index (χ0n) is 11.5. The maximum absolute atomic E-state index is 11.7. The largest absolute Gasteiger partial charge is 0.364 e. The molecule has 2 aromatic heterocycles. The minimum absolute atomic E-state index is 0.387. The van der Waals surface area contributed by atoms with E-state index in [2.05, 4.69) is 4.98 Å². The maximum atomic E-state index is 11.7. The summed E-state index contributed by atoms with van der Waals surface area (Å²) in [4.78, 5) is 16.1. The molecule has 0 aliphatic rings. The molecule has 3 aromatic rings. The van der Waals surface area contributed by atoms with Crippen molar-refractivity contribution in [3.05, 3.63) is 70.1 Å². The number of primary amides is 1. The summed E-state index contributed by atoms with van der Waals surface area (Å²) in [5.41, 5.74) is 9.10. The summed E-state index contributed by atoms with van der Waals surface area (Å²) < 4.78 is 1.76. The van der Waals surface area contributed by atoms with Crippen LogP contribution >= 0.6 is 11.6 Å². The molecule has 0 fully saturated rings. The number of hydrogen-bond donors (Lipinski definition) is 1. The Morgan fingerprint density at radius 2 is 1.95 bits per heavy atom. The van der Waals surface area contributed by atoms with Crippen LogP contribution in [0.3, 0.4) is 0 Å². The molecule has 106 valence electrons. The average Bonchev–Trinajstić information content (AvgIpc) is 2.81. The van der Waals surface area contributed by atoms with Gasteiger partial charge in [0.2, 0.25) is 0 Å². The summed E-state index contributed by atoms with van der Waals surface area (Å²) >= 11 is 6.19. The first-order valence-corrected chi connectivity index (χ1v) is 6.96. The number of carbonyl (C=O) groups excluding carboxylic acids is 1. The fourth-order valence-corrected chi connectivity index (χ4v) is 2.71. The molecule has 0 spiro atoms. The monoisotopic (exact) mass is 299 g/mol. The second-order valence-corrected chi connectivity index (χ2v) is 5.31. The Balaban J connectivity index is 2.23. The number of hydrogen-bond acceptors (Lipinski definition) is 2. The van der Waals surface area contributed by atoms with Gasteiger partial charge in [0.05, 0.1) is 10.7 Å². The van der Waals surface area contributed by atoms with Crippen LogP contribution in [0.25, 0.3) is 5.65 Å². The van der Waals surface area contributed by atoms with E-state index in [-0.39, 0.29) is 0 Å². The number of pyridine rings is 1. The number of aryl methyl sites for hydroxylation is 1. The number of nitrogens with zero attached hydrogens (tertiary/aromatic N) is 2.